The van der Waals surface area contributed by atoms with Crippen LogP contribution in [0, 0.1) is 0 Å². The van der Waals surface area contributed by atoms with Crippen LogP contribution >= 0.6 is 11.3 Å². The maximum Gasteiger partial charge on any atom is 0.396 e. The minimum absolute atomic E-state index is 0.0163. The number of hydrogen-bond donors (Lipinski definition) is 0. The number of carbonyl (C=O) groups is 1. The summed E-state index contributed by atoms with van der Waals surface area (Å²) in [7, 11) is -4.24. The Labute approximate surface area is 176 Å². The number of sulfonamides is 1. The Kier molecular flexibility index (Phi) is 5.23. The van der Waals surface area contributed by atoms with Gasteiger partial charge in [-0.1, -0.05) is 30.4 Å². The second-order valence-corrected chi connectivity index (χ2v) is 9.16. The predicted molar refractivity (Wildman–Crippen MR) is 114 cm³/mol. The van der Waals surface area contributed by atoms with E-state index in [-0.39, 0.29) is 16.1 Å². The van der Waals surface area contributed by atoms with Crippen molar-refractivity contribution in [3.05, 3.63) is 87.9 Å². The molecule has 0 aliphatic heterocycles. The average molecular weight is 441 g/mol. The van der Waals surface area contributed by atoms with Crippen molar-refractivity contribution in [1.29, 1.82) is 0 Å². The molecule has 7 nitrogen and oxygen atoms in total. The van der Waals surface area contributed by atoms with Gasteiger partial charge in [0.15, 0.2) is 0 Å². The fourth-order valence-corrected chi connectivity index (χ4v) is 5.07. The Hall–Kier alpha value is -3.30. The normalized spacial score (nSPS) is 11.5. The highest BCUT2D eigenvalue weighted by atomic mass is 32.2. The summed E-state index contributed by atoms with van der Waals surface area (Å²) in [6.07, 6.45) is 3.56. The van der Waals surface area contributed by atoms with E-state index in [0.717, 1.165) is 27.6 Å². The smallest absolute Gasteiger partial charge is 0.396 e. The number of benzene rings is 2. The molecule has 0 N–H and O–H groups in total. The number of pyridine rings is 1. The Morgan fingerprint density at radius 2 is 1.90 bits per heavy atom. The maximum absolute atomic E-state index is 13.5. The summed E-state index contributed by atoms with van der Waals surface area (Å²) in [4.78, 5) is 28.2. The maximum atomic E-state index is 13.5. The summed E-state index contributed by atoms with van der Waals surface area (Å²) in [6, 6.07) is 13.8. The van der Waals surface area contributed by atoms with Crippen LogP contribution in [0.3, 0.4) is 0 Å². The van der Waals surface area contributed by atoms with Gasteiger partial charge in [0.25, 0.3) is 15.9 Å². The molecule has 0 aliphatic rings. The molecule has 0 fully saturated rings. The first-order valence-electron chi connectivity index (χ1n) is 9.02. The first-order valence-corrected chi connectivity index (χ1v) is 11.3. The van der Waals surface area contributed by atoms with Gasteiger partial charge in [-0.25, -0.2) is 13.2 Å². The quantitative estimate of drug-likeness (QED) is 0.468. The molecule has 152 valence electrons. The molecule has 30 heavy (non-hydrogen) atoms. The Morgan fingerprint density at radius 1 is 1.13 bits per heavy atom. The first kappa shape index (κ1) is 20.0. The fraction of sp³-hybridized carbons (Fsp3) is 0.0952. The van der Waals surface area contributed by atoms with Crippen molar-refractivity contribution in [3.63, 3.8) is 0 Å². The van der Waals surface area contributed by atoms with E-state index in [1.54, 1.807) is 18.2 Å². The van der Waals surface area contributed by atoms with Crippen LogP contribution in [0.1, 0.15) is 22.8 Å². The average Bonchev–Trinajstić information content (AvgIpc) is 3.13. The molecular formula is C21H16N2O5S2. The molecule has 4 aromatic rings. The van der Waals surface area contributed by atoms with Crippen molar-refractivity contribution in [2.45, 2.75) is 18.2 Å². The van der Waals surface area contributed by atoms with Crippen LogP contribution in [0.4, 0.5) is 5.69 Å². The van der Waals surface area contributed by atoms with Gasteiger partial charge in [0.2, 0.25) is 0 Å². The highest BCUT2D eigenvalue weighted by Crippen LogP contribution is 2.30. The second kappa shape index (κ2) is 7.85. The Balaban J connectivity index is 1.89. The van der Waals surface area contributed by atoms with Gasteiger partial charge in [0.1, 0.15) is 5.58 Å². The molecule has 0 atom stereocenters. The molecule has 2 aromatic carbocycles. The number of hydrogen-bond acceptors (Lipinski definition) is 7. The molecule has 0 unspecified atom stereocenters. The zero-order valence-corrected chi connectivity index (χ0v) is 17.4. The van der Waals surface area contributed by atoms with Crippen molar-refractivity contribution in [2.75, 3.05) is 4.31 Å². The number of fused-ring (bicyclic) bond motifs is 1. The molecule has 0 radical (unpaired) electrons. The monoisotopic (exact) mass is 440 g/mol. The largest absolute Gasteiger partial charge is 0.414 e. The van der Waals surface area contributed by atoms with E-state index in [9.17, 15) is 18.0 Å². The van der Waals surface area contributed by atoms with Crippen LogP contribution in [0.5, 0.6) is 0 Å². The summed E-state index contributed by atoms with van der Waals surface area (Å²) in [6.45, 7) is 1.97. The van der Waals surface area contributed by atoms with Crippen LogP contribution in [0.15, 0.2) is 81.1 Å². The number of rotatable bonds is 5. The summed E-state index contributed by atoms with van der Waals surface area (Å²) in [5.41, 5.74) is 1.52. The van der Waals surface area contributed by atoms with Crippen LogP contribution in [-0.4, -0.2) is 19.3 Å². The van der Waals surface area contributed by atoms with Crippen LogP contribution in [0.2, 0.25) is 0 Å². The molecule has 0 spiro atoms. The van der Waals surface area contributed by atoms with Gasteiger partial charge in [-0.3, -0.25) is 9.78 Å². The Morgan fingerprint density at radius 3 is 2.57 bits per heavy atom. The van der Waals surface area contributed by atoms with Crippen LogP contribution < -0.4 is 9.24 Å². The molecule has 0 bridgehead atoms. The van der Waals surface area contributed by atoms with E-state index in [2.05, 4.69) is 4.98 Å². The van der Waals surface area contributed by atoms with Crippen molar-refractivity contribution in [1.82, 2.24) is 4.98 Å². The molecule has 0 aliphatic carbocycles. The van der Waals surface area contributed by atoms with E-state index < -0.39 is 20.9 Å². The van der Waals surface area contributed by atoms with Crippen molar-refractivity contribution < 1.29 is 17.6 Å². The predicted octanol–water partition coefficient (Wildman–Crippen LogP) is 3.85. The molecule has 0 saturated carbocycles. The standard InChI is InChI=1S/C21H16N2O5S2/c1-2-14-5-8-17(9-6-14)30(26,27)23(20(24)15-4-3-11-22-13-15)16-7-10-18-19(12-16)29-21(25)28-18/h3-13H,2H2,1H3. The van der Waals surface area contributed by atoms with Gasteiger partial charge in [-0.15, -0.1) is 0 Å². The minimum atomic E-state index is -4.24. The SMILES string of the molecule is CCc1ccc(S(=O)(=O)N(C(=O)c2cccnc2)c2ccc3oc(=O)sc3c2)cc1. The van der Waals surface area contributed by atoms with E-state index in [1.165, 1.54) is 48.8 Å². The Bertz CT molecular complexity index is 1370. The zero-order valence-electron chi connectivity index (χ0n) is 15.8. The van der Waals surface area contributed by atoms with Crippen molar-refractivity contribution >= 4 is 43.2 Å². The number of carbonyl (C=O) groups excluding carboxylic acids is 1. The number of anilines is 1. The van der Waals surface area contributed by atoms with Gasteiger partial charge < -0.3 is 4.42 Å². The lowest BCUT2D eigenvalue weighted by Gasteiger charge is -2.22. The molecular weight excluding hydrogens is 424 g/mol. The van der Waals surface area contributed by atoms with Crippen molar-refractivity contribution in [2.24, 2.45) is 0 Å². The molecule has 1 amide bonds. The number of aromatic nitrogens is 1. The summed E-state index contributed by atoms with van der Waals surface area (Å²) < 4.78 is 33.2. The lowest BCUT2D eigenvalue weighted by atomic mass is 10.2. The van der Waals surface area contributed by atoms with Crippen LogP contribution in [-0.2, 0) is 16.4 Å². The van der Waals surface area contributed by atoms with E-state index >= 15 is 0 Å². The first-order chi connectivity index (χ1) is 14.4. The minimum Gasteiger partial charge on any atom is -0.414 e. The number of amides is 1. The summed E-state index contributed by atoms with van der Waals surface area (Å²) in [5.74, 6) is -0.752. The highest BCUT2D eigenvalue weighted by molar-refractivity contribution is 7.93. The van der Waals surface area contributed by atoms with Gasteiger partial charge >= 0.3 is 4.94 Å². The molecule has 2 heterocycles. The lowest BCUT2D eigenvalue weighted by Crippen LogP contribution is -2.37. The zero-order chi connectivity index (χ0) is 21.3. The van der Waals surface area contributed by atoms with Crippen LogP contribution in [0.25, 0.3) is 10.3 Å². The summed E-state index contributed by atoms with van der Waals surface area (Å²) >= 11 is 0.835. The number of nitrogens with zero attached hydrogens (tertiary/aromatic N) is 2. The molecule has 2 aromatic heterocycles. The van der Waals surface area contributed by atoms with Gasteiger partial charge in [0, 0.05) is 12.4 Å². The van der Waals surface area contributed by atoms with Crippen molar-refractivity contribution in [3.8, 4) is 0 Å². The third kappa shape index (κ3) is 3.64. The molecule has 0 saturated heterocycles. The van der Waals surface area contributed by atoms with Gasteiger partial charge in [0.05, 0.1) is 20.8 Å². The highest BCUT2D eigenvalue weighted by Gasteiger charge is 2.32. The third-order valence-corrected chi connectivity index (χ3v) is 7.03. The number of aryl methyl sites for hydroxylation is 1. The van der Waals surface area contributed by atoms with E-state index in [4.69, 9.17) is 4.42 Å². The second-order valence-electron chi connectivity index (χ2n) is 6.40. The lowest BCUT2D eigenvalue weighted by molar-refractivity contribution is 0.100. The summed E-state index contributed by atoms with van der Waals surface area (Å²) in [5, 5.41) is 0. The third-order valence-electron chi connectivity index (χ3n) is 4.51. The van der Waals surface area contributed by atoms with Gasteiger partial charge in [-0.05, 0) is 54.4 Å². The topological polar surface area (TPSA) is 97.6 Å². The molecule has 4 rings (SSSR count). The fourth-order valence-electron chi connectivity index (χ4n) is 2.96. The van der Waals surface area contributed by atoms with E-state index in [0.29, 0.717) is 10.3 Å². The van der Waals surface area contributed by atoms with E-state index in [1.807, 2.05) is 6.92 Å². The van der Waals surface area contributed by atoms with Gasteiger partial charge in [-0.2, -0.15) is 4.31 Å². The molecule has 9 heteroatoms.